The molecule has 1 spiro atoms. The normalized spacial score (nSPS) is 49.0. The van der Waals surface area contributed by atoms with Gasteiger partial charge in [0, 0.05) is 52.2 Å². The Morgan fingerprint density at radius 3 is 2.31 bits per heavy atom. The molecule has 3 N–H and O–H groups in total. The van der Waals surface area contributed by atoms with E-state index >= 15 is 0 Å². The van der Waals surface area contributed by atoms with Crippen LogP contribution in [0.4, 0.5) is 0 Å². The molecule has 0 radical (unpaired) electrons. The Bertz CT molecular complexity index is 1660. The zero-order valence-corrected chi connectivity index (χ0v) is 37.8. The third-order valence-corrected chi connectivity index (χ3v) is 14.4. The van der Waals surface area contributed by atoms with Crippen molar-refractivity contribution in [2.24, 2.45) is 23.7 Å². The summed E-state index contributed by atoms with van der Waals surface area (Å²) >= 11 is 0. The van der Waals surface area contributed by atoms with E-state index in [1.807, 2.05) is 19.1 Å². The van der Waals surface area contributed by atoms with Gasteiger partial charge in [-0.2, -0.15) is 0 Å². The SMILES string of the molecule is CO[C@H]1C[C@H](O[C@H]2[C@H](C)O[C@@H](O[C@@H]3/C(C)=C/C[C@@H]4C[C@@H](C[C@]5(CC[C@H](C)[C@@H](C(C)C)O5)O4)OC(=O)[C@@H]4C=C(C)[C@@H](O)[C@H]5OC/C(=C\C=C[C@@H]3C)[C@]54O)C[C@@H]2OC)O[C@@H](C)[C@@H]1O. The van der Waals surface area contributed by atoms with Crippen molar-refractivity contribution in [2.45, 2.75) is 198 Å². The second kappa shape index (κ2) is 19.2. The van der Waals surface area contributed by atoms with Crippen molar-refractivity contribution < 1.29 is 67.5 Å². The number of hydrogen-bond donors (Lipinski definition) is 3. The fourth-order valence-corrected chi connectivity index (χ4v) is 10.8. The van der Waals surface area contributed by atoms with Crippen LogP contribution in [0.2, 0.25) is 0 Å². The highest BCUT2D eigenvalue weighted by molar-refractivity contribution is 5.78. The molecule has 7 rings (SSSR count). The average molecular weight is 861 g/mol. The molecule has 0 unspecified atom stereocenters. The second-order valence-corrected chi connectivity index (χ2v) is 19.2. The third-order valence-electron chi connectivity index (χ3n) is 14.4. The molecule has 5 fully saturated rings. The van der Waals surface area contributed by atoms with Crippen molar-refractivity contribution in [1.82, 2.24) is 0 Å². The Balaban J connectivity index is 1.17. The van der Waals surface area contributed by atoms with Crippen LogP contribution >= 0.6 is 0 Å². The van der Waals surface area contributed by atoms with Gasteiger partial charge in [0.25, 0.3) is 0 Å². The molecule has 5 saturated heterocycles. The number of esters is 1. The monoisotopic (exact) mass is 860 g/mol. The maximum absolute atomic E-state index is 14.3. The highest BCUT2D eigenvalue weighted by Crippen LogP contribution is 2.48. The molecule has 0 saturated carbocycles. The largest absolute Gasteiger partial charge is 0.462 e. The van der Waals surface area contributed by atoms with E-state index in [9.17, 15) is 20.1 Å². The van der Waals surface area contributed by atoms with Crippen LogP contribution in [0.15, 0.2) is 47.1 Å². The van der Waals surface area contributed by atoms with Gasteiger partial charge in [-0.15, -0.1) is 0 Å². The second-order valence-electron chi connectivity index (χ2n) is 19.2. The highest BCUT2D eigenvalue weighted by atomic mass is 16.7. The Hall–Kier alpha value is -2.05. The molecular weight excluding hydrogens is 789 g/mol. The van der Waals surface area contributed by atoms with Gasteiger partial charge < -0.3 is 62.7 Å². The number of carbonyl (C=O) groups excluding carboxylic acids is 1. The molecule has 2 bridgehead atoms. The van der Waals surface area contributed by atoms with Crippen molar-refractivity contribution in [1.29, 1.82) is 0 Å². The zero-order chi connectivity index (χ0) is 44.0. The van der Waals surface area contributed by atoms with Gasteiger partial charge >= 0.3 is 5.97 Å². The maximum Gasteiger partial charge on any atom is 0.316 e. The summed E-state index contributed by atoms with van der Waals surface area (Å²) in [4.78, 5) is 14.3. The highest BCUT2D eigenvalue weighted by Gasteiger charge is 2.60. The molecule has 344 valence electrons. The minimum absolute atomic E-state index is 0.0210. The fourth-order valence-electron chi connectivity index (χ4n) is 10.8. The Morgan fingerprint density at radius 2 is 1.59 bits per heavy atom. The molecule has 6 heterocycles. The summed E-state index contributed by atoms with van der Waals surface area (Å²) in [7, 11) is 3.22. The number of aliphatic hydroxyl groups is 3. The van der Waals surface area contributed by atoms with Crippen LogP contribution in [-0.4, -0.2) is 139 Å². The summed E-state index contributed by atoms with van der Waals surface area (Å²) in [6, 6.07) is 0. The molecule has 6 aliphatic heterocycles. The lowest BCUT2D eigenvalue weighted by molar-refractivity contribution is -0.340. The number of fused-ring (bicyclic) bond motifs is 2. The first-order chi connectivity index (χ1) is 29.0. The van der Waals surface area contributed by atoms with E-state index in [4.69, 9.17) is 47.4 Å². The zero-order valence-electron chi connectivity index (χ0n) is 37.8. The Morgan fingerprint density at radius 1 is 0.885 bits per heavy atom. The molecule has 14 heteroatoms. The number of allylic oxidation sites excluding steroid dienone is 2. The molecule has 1 aliphatic carbocycles. The van der Waals surface area contributed by atoms with E-state index < -0.39 is 90.8 Å². The van der Waals surface area contributed by atoms with E-state index in [2.05, 4.69) is 40.7 Å². The van der Waals surface area contributed by atoms with Crippen LogP contribution in [0.1, 0.15) is 100 Å². The first-order valence-electron chi connectivity index (χ1n) is 22.6. The summed E-state index contributed by atoms with van der Waals surface area (Å²) in [5, 5.41) is 34.2. The van der Waals surface area contributed by atoms with Crippen molar-refractivity contribution in [3.8, 4) is 0 Å². The van der Waals surface area contributed by atoms with E-state index in [1.54, 1.807) is 40.2 Å². The number of rotatable bonds is 7. The quantitative estimate of drug-likeness (QED) is 0.225. The predicted octanol–water partition coefficient (Wildman–Crippen LogP) is 5.21. The standard InChI is InChI=1S/C47H72O14/c1-24(2)41-27(5)16-17-46(61-41)22-33-19-32(60-46)15-14-26(4)42(25(3)12-11-13-31-23-54-44-39(48)28(6)18-34(45(50)57-33)47(31,44)51)58-38-21-36(53-10)43(30(8)56-38)59-37-20-35(52-9)40(49)29(7)55-37/h11-14,18,24-25,27,29-30,32-44,48-49,51H,15-17,19-23H2,1-10H3/b12-11?,26-14+,31-13+/t25-,27-,29-,30-,32+,33-,34-,35-,36-,37-,38-,39+,40-,41+,42-,43-,44+,46+,47+/m0/s1. The van der Waals surface area contributed by atoms with Gasteiger partial charge in [-0.25, -0.2) is 0 Å². The van der Waals surface area contributed by atoms with Gasteiger partial charge in [-0.1, -0.05) is 58.1 Å². The van der Waals surface area contributed by atoms with Crippen LogP contribution in [0.5, 0.6) is 0 Å². The fraction of sp³-hybridized carbons (Fsp3) is 0.809. The van der Waals surface area contributed by atoms with Crippen LogP contribution in [-0.2, 0) is 52.2 Å². The van der Waals surface area contributed by atoms with Crippen molar-refractivity contribution in [2.75, 3.05) is 20.8 Å². The molecule has 0 aromatic carbocycles. The van der Waals surface area contributed by atoms with Crippen molar-refractivity contribution in [3.63, 3.8) is 0 Å². The summed E-state index contributed by atoms with van der Waals surface area (Å²) < 4.78 is 63.7. The van der Waals surface area contributed by atoms with E-state index in [0.29, 0.717) is 55.6 Å². The smallest absolute Gasteiger partial charge is 0.316 e. The lowest BCUT2D eigenvalue weighted by atomic mass is 9.71. The Labute approximate surface area is 361 Å². The molecule has 0 amide bonds. The predicted molar refractivity (Wildman–Crippen MR) is 223 cm³/mol. The third kappa shape index (κ3) is 9.67. The van der Waals surface area contributed by atoms with Crippen molar-refractivity contribution in [3.05, 3.63) is 47.1 Å². The van der Waals surface area contributed by atoms with Crippen molar-refractivity contribution >= 4 is 5.97 Å². The molecule has 0 aromatic heterocycles. The minimum atomic E-state index is -1.82. The summed E-state index contributed by atoms with van der Waals surface area (Å²) in [5.41, 5.74) is 0.184. The van der Waals surface area contributed by atoms with E-state index in [1.165, 1.54) is 0 Å². The Kier molecular flexibility index (Phi) is 14.8. The maximum atomic E-state index is 14.3. The average Bonchev–Trinajstić information content (AvgIpc) is 3.56. The van der Waals surface area contributed by atoms with Gasteiger partial charge in [0.15, 0.2) is 18.4 Å². The van der Waals surface area contributed by atoms with Crippen LogP contribution < -0.4 is 0 Å². The topological polar surface area (TPSA) is 170 Å². The van der Waals surface area contributed by atoms with Gasteiger partial charge in [0.05, 0.1) is 49.3 Å². The molecule has 14 nitrogen and oxygen atoms in total. The molecule has 19 atom stereocenters. The number of methoxy groups -OCH3 is 2. The molecule has 7 aliphatic rings. The van der Waals surface area contributed by atoms with Crippen LogP contribution in [0.3, 0.4) is 0 Å². The van der Waals surface area contributed by atoms with Gasteiger partial charge in [0.1, 0.15) is 42.0 Å². The lowest BCUT2D eigenvalue weighted by Gasteiger charge is -2.50. The van der Waals surface area contributed by atoms with Gasteiger partial charge in [0.2, 0.25) is 0 Å². The molecular formula is C47H72O14. The van der Waals surface area contributed by atoms with Gasteiger partial charge in [-0.05, 0) is 69.1 Å². The van der Waals surface area contributed by atoms with E-state index in [0.717, 1.165) is 12.0 Å². The number of ether oxygens (including phenoxy) is 10. The minimum Gasteiger partial charge on any atom is -0.462 e. The summed E-state index contributed by atoms with van der Waals surface area (Å²) in [5.74, 6) is -2.15. The number of aliphatic hydroxyl groups excluding tert-OH is 2. The lowest BCUT2D eigenvalue weighted by Crippen LogP contribution is -2.58. The van der Waals surface area contributed by atoms with Crippen LogP contribution in [0, 0.1) is 23.7 Å². The first-order valence-corrected chi connectivity index (χ1v) is 22.6. The summed E-state index contributed by atoms with van der Waals surface area (Å²) in [6.45, 7) is 16.2. The number of hydrogen-bond acceptors (Lipinski definition) is 14. The number of carbonyl (C=O) groups is 1. The first kappa shape index (κ1) is 46.9. The molecule has 61 heavy (non-hydrogen) atoms. The van der Waals surface area contributed by atoms with Gasteiger partial charge in [-0.3, -0.25) is 4.79 Å². The van der Waals surface area contributed by atoms with Crippen LogP contribution in [0.25, 0.3) is 0 Å². The molecule has 0 aromatic rings. The van der Waals surface area contributed by atoms with E-state index in [-0.39, 0.29) is 36.8 Å². The summed E-state index contributed by atoms with van der Waals surface area (Å²) in [6.07, 6.45) is 5.52.